The van der Waals surface area contributed by atoms with Gasteiger partial charge in [-0.25, -0.2) is 0 Å². The third kappa shape index (κ3) is 3.31. The number of hydrogen-bond donors (Lipinski definition) is 1. The highest BCUT2D eigenvalue weighted by molar-refractivity contribution is 6.33. The van der Waals surface area contributed by atoms with Crippen molar-refractivity contribution in [1.82, 2.24) is 5.32 Å². The number of likely N-dealkylation sites (N-methyl/N-ethyl adjacent to an activating group) is 1. The zero-order chi connectivity index (χ0) is 12.0. The number of benzene rings is 1. The molecule has 2 nitrogen and oxygen atoms in total. The number of nitrogens with one attached hydrogen (secondary N) is 1. The van der Waals surface area contributed by atoms with E-state index in [9.17, 15) is 0 Å². The topological polar surface area (TPSA) is 15.3 Å². The normalized spacial score (nSPS) is 11.1. The zero-order valence-corrected chi connectivity index (χ0v) is 10.5. The lowest BCUT2D eigenvalue weighted by molar-refractivity contribution is 0.902. The molecule has 0 bridgehead atoms. The summed E-state index contributed by atoms with van der Waals surface area (Å²) in [5, 5.41) is 3.86. The molecule has 0 amide bonds. The molecule has 0 aliphatic heterocycles. The Bertz CT molecular complexity index is 385. The standard InChI is InChI=1S/C13H17ClN2/c1-4-11(15-5-2)10-16(3)13-9-7-6-8-12(13)14/h4-9,15H,2,10H2,1,3H3/b11-4-. The van der Waals surface area contributed by atoms with Crippen LogP contribution in [0, 0.1) is 0 Å². The van der Waals surface area contributed by atoms with E-state index in [1.54, 1.807) is 6.20 Å². The predicted molar refractivity (Wildman–Crippen MR) is 71.8 cm³/mol. The Labute approximate surface area is 102 Å². The summed E-state index contributed by atoms with van der Waals surface area (Å²) in [6.07, 6.45) is 3.70. The summed E-state index contributed by atoms with van der Waals surface area (Å²) in [6.45, 7) is 6.41. The molecule has 0 spiro atoms. The minimum atomic E-state index is 0.763. The van der Waals surface area contributed by atoms with Crippen molar-refractivity contribution in [3.63, 3.8) is 0 Å². The van der Waals surface area contributed by atoms with E-state index < -0.39 is 0 Å². The lowest BCUT2D eigenvalue weighted by Crippen LogP contribution is -2.25. The summed E-state index contributed by atoms with van der Waals surface area (Å²) < 4.78 is 0. The monoisotopic (exact) mass is 236 g/mol. The maximum Gasteiger partial charge on any atom is 0.0639 e. The highest BCUT2D eigenvalue weighted by Gasteiger charge is 2.06. The van der Waals surface area contributed by atoms with Crippen molar-refractivity contribution in [3.05, 3.63) is 53.8 Å². The molecule has 0 fully saturated rings. The molecule has 0 saturated carbocycles. The van der Waals surface area contributed by atoms with Crippen LogP contribution < -0.4 is 10.2 Å². The van der Waals surface area contributed by atoms with E-state index in [-0.39, 0.29) is 0 Å². The smallest absolute Gasteiger partial charge is 0.0639 e. The van der Waals surface area contributed by atoms with Crippen LogP contribution in [0.3, 0.4) is 0 Å². The molecule has 0 heterocycles. The highest BCUT2D eigenvalue weighted by atomic mass is 35.5. The van der Waals surface area contributed by atoms with Crippen LogP contribution in [-0.4, -0.2) is 13.6 Å². The van der Waals surface area contributed by atoms with Crippen molar-refractivity contribution < 1.29 is 0 Å². The van der Waals surface area contributed by atoms with Crippen LogP contribution >= 0.6 is 11.6 Å². The van der Waals surface area contributed by atoms with Crippen molar-refractivity contribution in [2.24, 2.45) is 0 Å². The Morgan fingerprint density at radius 2 is 2.19 bits per heavy atom. The Morgan fingerprint density at radius 1 is 1.50 bits per heavy atom. The first-order valence-electron chi connectivity index (χ1n) is 5.17. The molecule has 16 heavy (non-hydrogen) atoms. The average molecular weight is 237 g/mol. The molecule has 1 rings (SSSR count). The van der Waals surface area contributed by atoms with Crippen LogP contribution in [0.1, 0.15) is 6.92 Å². The Balaban J connectivity index is 2.75. The van der Waals surface area contributed by atoms with Crippen LogP contribution in [0.25, 0.3) is 0 Å². The maximum atomic E-state index is 6.12. The van der Waals surface area contributed by atoms with E-state index in [4.69, 9.17) is 11.6 Å². The van der Waals surface area contributed by atoms with Crippen LogP contribution in [0.2, 0.25) is 5.02 Å². The number of hydrogen-bond acceptors (Lipinski definition) is 2. The van der Waals surface area contributed by atoms with Gasteiger partial charge in [0.25, 0.3) is 0 Å². The molecule has 0 aliphatic rings. The second-order valence-electron chi connectivity index (χ2n) is 3.47. The number of allylic oxidation sites excluding steroid dienone is 1. The Kier molecular flexibility index (Phi) is 4.93. The van der Waals surface area contributed by atoms with Gasteiger partial charge in [-0.3, -0.25) is 0 Å². The third-order valence-electron chi connectivity index (χ3n) is 2.31. The number of halogens is 1. The van der Waals surface area contributed by atoms with Crippen molar-refractivity contribution in [2.45, 2.75) is 6.92 Å². The number of para-hydroxylation sites is 1. The largest absolute Gasteiger partial charge is 0.368 e. The number of rotatable bonds is 5. The Morgan fingerprint density at radius 3 is 2.75 bits per heavy atom. The summed E-state index contributed by atoms with van der Waals surface area (Å²) in [4.78, 5) is 2.09. The van der Waals surface area contributed by atoms with Crippen LogP contribution in [0.15, 0.2) is 48.8 Å². The van der Waals surface area contributed by atoms with E-state index in [1.807, 2.05) is 44.3 Å². The first-order valence-corrected chi connectivity index (χ1v) is 5.55. The quantitative estimate of drug-likeness (QED) is 0.843. The summed E-state index contributed by atoms with van der Waals surface area (Å²) in [6, 6.07) is 7.80. The average Bonchev–Trinajstić information content (AvgIpc) is 2.28. The van der Waals surface area contributed by atoms with E-state index >= 15 is 0 Å². The zero-order valence-electron chi connectivity index (χ0n) is 9.70. The molecule has 1 aromatic carbocycles. The fourth-order valence-corrected chi connectivity index (χ4v) is 1.73. The summed E-state index contributed by atoms with van der Waals surface area (Å²) >= 11 is 6.12. The first-order chi connectivity index (χ1) is 7.69. The molecule has 0 saturated heterocycles. The van der Waals surface area contributed by atoms with Crippen LogP contribution in [0.4, 0.5) is 5.69 Å². The molecular weight excluding hydrogens is 220 g/mol. The molecule has 0 radical (unpaired) electrons. The molecule has 1 N–H and O–H groups in total. The molecule has 3 heteroatoms. The van der Waals surface area contributed by atoms with Gasteiger partial charge in [0.15, 0.2) is 0 Å². The van der Waals surface area contributed by atoms with E-state index in [2.05, 4.69) is 16.8 Å². The maximum absolute atomic E-state index is 6.12. The fourth-order valence-electron chi connectivity index (χ4n) is 1.45. The molecule has 1 aromatic rings. The molecule has 0 unspecified atom stereocenters. The fraction of sp³-hybridized carbons (Fsp3) is 0.231. The first kappa shape index (κ1) is 12.7. The number of nitrogens with zero attached hydrogens (tertiary/aromatic N) is 1. The minimum Gasteiger partial charge on any atom is -0.368 e. The third-order valence-corrected chi connectivity index (χ3v) is 2.63. The lowest BCUT2D eigenvalue weighted by Gasteiger charge is -2.22. The second kappa shape index (κ2) is 6.23. The number of anilines is 1. The SMILES string of the molecule is C=CN/C(=C\C)CN(C)c1ccccc1Cl. The van der Waals surface area contributed by atoms with Crippen molar-refractivity contribution in [3.8, 4) is 0 Å². The van der Waals surface area contributed by atoms with Crippen molar-refractivity contribution >= 4 is 17.3 Å². The van der Waals surface area contributed by atoms with Gasteiger partial charge in [0.1, 0.15) is 0 Å². The van der Waals surface area contributed by atoms with Crippen LogP contribution in [0.5, 0.6) is 0 Å². The highest BCUT2D eigenvalue weighted by Crippen LogP contribution is 2.24. The van der Waals surface area contributed by atoms with Gasteiger partial charge in [0, 0.05) is 12.7 Å². The van der Waals surface area contributed by atoms with Gasteiger partial charge >= 0.3 is 0 Å². The van der Waals surface area contributed by atoms with Gasteiger partial charge in [-0.2, -0.15) is 0 Å². The van der Waals surface area contributed by atoms with Crippen LogP contribution in [-0.2, 0) is 0 Å². The molecule has 0 aliphatic carbocycles. The van der Waals surface area contributed by atoms with Gasteiger partial charge in [0.2, 0.25) is 0 Å². The predicted octanol–water partition coefficient (Wildman–Crippen LogP) is 3.41. The Hall–Kier alpha value is -1.41. The minimum absolute atomic E-state index is 0.763. The summed E-state index contributed by atoms with van der Waals surface area (Å²) in [5.74, 6) is 0. The molecule has 0 aromatic heterocycles. The lowest BCUT2D eigenvalue weighted by atomic mass is 10.3. The van der Waals surface area contributed by atoms with Gasteiger partial charge in [-0.1, -0.05) is 36.4 Å². The van der Waals surface area contributed by atoms with E-state index in [0.717, 1.165) is 23.0 Å². The molecule has 86 valence electrons. The van der Waals surface area contributed by atoms with Crippen molar-refractivity contribution in [2.75, 3.05) is 18.5 Å². The summed E-state index contributed by atoms with van der Waals surface area (Å²) in [5.41, 5.74) is 2.12. The van der Waals surface area contributed by atoms with Crippen molar-refractivity contribution in [1.29, 1.82) is 0 Å². The summed E-state index contributed by atoms with van der Waals surface area (Å²) in [7, 11) is 2.01. The molecular formula is C13H17ClN2. The van der Waals surface area contributed by atoms with E-state index in [0.29, 0.717) is 0 Å². The van der Waals surface area contributed by atoms with Gasteiger partial charge in [-0.05, 0) is 25.3 Å². The van der Waals surface area contributed by atoms with E-state index in [1.165, 1.54) is 0 Å². The van der Waals surface area contributed by atoms with Gasteiger partial charge in [0.05, 0.1) is 17.3 Å². The van der Waals surface area contributed by atoms with Gasteiger partial charge in [-0.15, -0.1) is 0 Å². The van der Waals surface area contributed by atoms with Gasteiger partial charge < -0.3 is 10.2 Å². The second-order valence-corrected chi connectivity index (χ2v) is 3.88. The molecule has 0 atom stereocenters.